The maximum absolute atomic E-state index is 12.8. The molecule has 1 atom stereocenters. The Morgan fingerprint density at radius 2 is 1.80 bits per heavy atom. The third-order valence-electron chi connectivity index (χ3n) is 4.11. The summed E-state index contributed by atoms with van der Waals surface area (Å²) < 4.78 is 40.3. The van der Waals surface area contributed by atoms with E-state index in [1.807, 2.05) is 22.5 Å². The average molecular weight is 370 g/mol. The molecule has 138 valence electrons. The van der Waals surface area contributed by atoms with E-state index in [2.05, 4.69) is 11.9 Å². The van der Waals surface area contributed by atoms with Gasteiger partial charge < -0.3 is 4.57 Å². The van der Waals surface area contributed by atoms with Gasteiger partial charge in [0.15, 0.2) is 0 Å². The van der Waals surface area contributed by atoms with Crippen LogP contribution in [0.3, 0.4) is 0 Å². The molecule has 0 spiro atoms. The van der Waals surface area contributed by atoms with Gasteiger partial charge >= 0.3 is 6.18 Å². The molecule has 1 unspecified atom stereocenters. The van der Waals surface area contributed by atoms with Crippen molar-refractivity contribution in [2.24, 2.45) is 0 Å². The van der Waals surface area contributed by atoms with Crippen LogP contribution in [0.2, 0.25) is 0 Å². The summed E-state index contributed by atoms with van der Waals surface area (Å²) in [4.78, 5) is 4.05. The first kappa shape index (κ1) is 19.9. The van der Waals surface area contributed by atoms with Crippen LogP contribution in [0.5, 0.6) is 0 Å². The molecule has 0 amide bonds. The van der Waals surface area contributed by atoms with Gasteiger partial charge in [0.1, 0.15) is 0 Å². The summed E-state index contributed by atoms with van der Waals surface area (Å²) in [6.07, 6.45) is 7.17. The molecule has 6 heteroatoms. The number of thioether (sulfide) groups is 1. The lowest BCUT2D eigenvalue weighted by Gasteiger charge is -2.18. The molecule has 2 nitrogen and oxygen atoms in total. The van der Waals surface area contributed by atoms with E-state index in [1.54, 1.807) is 24.7 Å². The van der Waals surface area contributed by atoms with Gasteiger partial charge in [0.2, 0.25) is 0 Å². The van der Waals surface area contributed by atoms with Gasteiger partial charge in [0, 0.05) is 24.2 Å². The van der Waals surface area contributed by atoms with Crippen molar-refractivity contribution in [3.8, 4) is 0 Å². The summed E-state index contributed by atoms with van der Waals surface area (Å²) in [5.74, 6) is 1.02. The molecule has 0 radical (unpaired) electrons. The lowest BCUT2D eigenvalue weighted by molar-refractivity contribution is -0.137. The Balaban J connectivity index is 1.98. The van der Waals surface area contributed by atoms with Gasteiger partial charge in [-0.1, -0.05) is 44.7 Å². The highest BCUT2D eigenvalue weighted by molar-refractivity contribution is 7.99. The van der Waals surface area contributed by atoms with Crippen LogP contribution in [-0.2, 0) is 12.7 Å². The molecular formula is C19H25F3N2S. The summed E-state index contributed by atoms with van der Waals surface area (Å²) in [7, 11) is 0. The zero-order chi connectivity index (χ0) is 18.1. The highest BCUT2D eigenvalue weighted by Crippen LogP contribution is 2.34. The zero-order valence-electron chi connectivity index (χ0n) is 14.5. The standard InChI is InChI=1S/C19H25F3N2S/c1-2-3-4-5-6-13-25-18(14-24-12-11-23-15-24)16-7-9-17(10-8-16)19(20,21)22/h7-12,15,18H,2-6,13-14H2,1H3. The van der Waals surface area contributed by atoms with Crippen molar-refractivity contribution in [2.45, 2.75) is 57.0 Å². The van der Waals surface area contributed by atoms with Crippen molar-refractivity contribution in [2.75, 3.05) is 5.75 Å². The molecule has 0 saturated carbocycles. The molecule has 0 aliphatic carbocycles. The first-order valence-electron chi connectivity index (χ1n) is 8.75. The Bertz CT molecular complexity index is 594. The van der Waals surface area contributed by atoms with Crippen LogP contribution in [0.1, 0.15) is 55.4 Å². The molecule has 0 fully saturated rings. The first-order valence-corrected chi connectivity index (χ1v) is 9.80. The number of halogens is 3. The number of aromatic nitrogens is 2. The fraction of sp³-hybridized carbons (Fsp3) is 0.526. The average Bonchev–Trinajstić information content (AvgIpc) is 3.09. The lowest BCUT2D eigenvalue weighted by Crippen LogP contribution is -2.08. The van der Waals surface area contributed by atoms with Crippen LogP contribution >= 0.6 is 11.8 Å². The van der Waals surface area contributed by atoms with E-state index in [0.717, 1.165) is 17.7 Å². The molecule has 0 saturated heterocycles. The Labute approximate surface area is 151 Å². The van der Waals surface area contributed by atoms with Crippen molar-refractivity contribution in [1.29, 1.82) is 0 Å². The minimum atomic E-state index is -4.29. The van der Waals surface area contributed by atoms with Gasteiger partial charge in [-0.2, -0.15) is 24.9 Å². The number of unbranched alkanes of at least 4 members (excludes halogenated alkanes) is 4. The maximum atomic E-state index is 12.8. The second-order valence-electron chi connectivity index (χ2n) is 6.15. The predicted octanol–water partition coefficient (Wildman–Crippen LogP) is 6.35. The normalized spacial score (nSPS) is 13.1. The van der Waals surface area contributed by atoms with E-state index in [4.69, 9.17) is 0 Å². The summed E-state index contributed by atoms with van der Waals surface area (Å²) in [6.45, 7) is 2.91. The number of hydrogen-bond acceptors (Lipinski definition) is 2. The van der Waals surface area contributed by atoms with Crippen molar-refractivity contribution < 1.29 is 13.2 Å². The van der Waals surface area contributed by atoms with E-state index in [9.17, 15) is 13.2 Å². The summed E-state index contributed by atoms with van der Waals surface area (Å²) in [5, 5.41) is 0.127. The summed E-state index contributed by atoms with van der Waals surface area (Å²) in [6, 6.07) is 5.57. The second kappa shape index (κ2) is 9.90. The number of imidazole rings is 1. The van der Waals surface area contributed by atoms with E-state index < -0.39 is 11.7 Å². The molecule has 25 heavy (non-hydrogen) atoms. The van der Waals surface area contributed by atoms with Gasteiger partial charge in [-0.15, -0.1) is 0 Å². The zero-order valence-corrected chi connectivity index (χ0v) is 15.3. The summed E-state index contributed by atoms with van der Waals surface area (Å²) in [5.41, 5.74) is 0.336. The molecule has 0 aliphatic rings. The van der Waals surface area contributed by atoms with Gasteiger partial charge in [0.25, 0.3) is 0 Å². The summed E-state index contributed by atoms with van der Waals surface area (Å²) >= 11 is 1.81. The van der Waals surface area contributed by atoms with E-state index in [1.165, 1.54) is 37.8 Å². The number of rotatable bonds is 10. The second-order valence-corrected chi connectivity index (χ2v) is 7.46. The molecule has 2 aromatic rings. The van der Waals surface area contributed by atoms with Gasteiger partial charge in [0.05, 0.1) is 11.9 Å². The molecule has 1 aromatic heterocycles. The van der Waals surface area contributed by atoms with Gasteiger partial charge in [-0.3, -0.25) is 0 Å². The third-order valence-corrected chi connectivity index (χ3v) is 5.46. The Kier molecular flexibility index (Phi) is 7.88. The smallest absolute Gasteiger partial charge is 0.336 e. The number of alkyl halides is 3. The van der Waals surface area contributed by atoms with Gasteiger partial charge in [-0.25, -0.2) is 4.98 Å². The molecule has 2 rings (SSSR count). The van der Waals surface area contributed by atoms with Crippen LogP contribution in [-0.4, -0.2) is 15.3 Å². The minimum absolute atomic E-state index is 0.127. The third kappa shape index (κ3) is 6.77. The first-order chi connectivity index (χ1) is 12.0. The van der Waals surface area contributed by atoms with Gasteiger partial charge in [-0.05, 0) is 29.9 Å². The fourth-order valence-electron chi connectivity index (χ4n) is 2.66. The maximum Gasteiger partial charge on any atom is 0.416 e. The molecule has 1 heterocycles. The minimum Gasteiger partial charge on any atom is -0.336 e. The number of benzene rings is 1. The van der Waals surface area contributed by atoms with Crippen molar-refractivity contribution in [1.82, 2.24) is 9.55 Å². The highest BCUT2D eigenvalue weighted by atomic mass is 32.2. The highest BCUT2D eigenvalue weighted by Gasteiger charge is 2.30. The fourth-order valence-corrected chi connectivity index (χ4v) is 3.94. The quantitative estimate of drug-likeness (QED) is 0.454. The molecule has 0 aliphatic heterocycles. The number of hydrogen-bond donors (Lipinski definition) is 0. The topological polar surface area (TPSA) is 17.8 Å². The van der Waals surface area contributed by atoms with E-state index in [-0.39, 0.29) is 5.25 Å². The van der Waals surface area contributed by atoms with Crippen LogP contribution in [0, 0.1) is 0 Å². The van der Waals surface area contributed by atoms with Crippen LogP contribution < -0.4 is 0 Å². The SMILES string of the molecule is CCCCCCCSC(Cn1ccnc1)c1ccc(C(F)(F)F)cc1. The molecule has 0 N–H and O–H groups in total. The Morgan fingerprint density at radius 1 is 1.08 bits per heavy atom. The van der Waals surface area contributed by atoms with E-state index in [0.29, 0.717) is 6.54 Å². The van der Waals surface area contributed by atoms with E-state index >= 15 is 0 Å². The Morgan fingerprint density at radius 3 is 2.40 bits per heavy atom. The Hall–Kier alpha value is -1.43. The van der Waals surface area contributed by atoms with Crippen molar-refractivity contribution in [3.63, 3.8) is 0 Å². The van der Waals surface area contributed by atoms with Crippen molar-refractivity contribution in [3.05, 3.63) is 54.1 Å². The van der Waals surface area contributed by atoms with Crippen molar-refractivity contribution >= 4 is 11.8 Å². The molecule has 0 bridgehead atoms. The van der Waals surface area contributed by atoms with Crippen LogP contribution in [0.15, 0.2) is 43.0 Å². The van der Waals surface area contributed by atoms with Crippen LogP contribution in [0.4, 0.5) is 13.2 Å². The molecular weight excluding hydrogens is 345 g/mol. The van der Waals surface area contributed by atoms with Crippen LogP contribution in [0.25, 0.3) is 0 Å². The number of nitrogens with zero attached hydrogens (tertiary/aromatic N) is 2. The molecule has 1 aromatic carbocycles. The largest absolute Gasteiger partial charge is 0.416 e. The predicted molar refractivity (Wildman–Crippen MR) is 97.6 cm³/mol. The monoisotopic (exact) mass is 370 g/mol. The lowest BCUT2D eigenvalue weighted by atomic mass is 10.1.